The molecule has 0 atom stereocenters. The zero-order chi connectivity index (χ0) is 25.2. The summed E-state index contributed by atoms with van der Waals surface area (Å²) in [5.41, 5.74) is 2.98. The lowest BCUT2D eigenvalue weighted by Crippen LogP contribution is -2.44. The number of anilines is 4. The third-order valence-electron chi connectivity index (χ3n) is 6.18. The Hall–Kier alpha value is -4.31. The maximum absolute atomic E-state index is 15.0. The molecule has 0 spiro atoms. The average Bonchev–Trinajstić information content (AvgIpc) is 3.31. The zero-order valence-corrected chi connectivity index (χ0v) is 19.7. The summed E-state index contributed by atoms with van der Waals surface area (Å²) in [6.07, 6.45) is 4.55. The van der Waals surface area contributed by atoms with Crippen molar-refractivity contribution in [2.75, 3.05) is 48.8 Å². The van der Waals surface area contributed by atoms with E-state index < -0.39 is 11.6 Å². The second-order valence-corrected chi connectivity index (χ2v) is 8.59. The van der Waals surface area contributed by atoms with Gasteiger partial charge in [-0.05, 0) is 49.0 Å². The number of carbonyl (C=O) groups is 1. The Labute approximate surface area is 206 Å². The molecular formula is C26H25F2N7O. The molecule has 36 heavy (non-hydrogen) atoms. The van der Waals surface area contributed by atoms with Crippen LogP contribution in [0.25, 0.3) is 16.8 Å². The van der Waals surface area contributed by atoms with Crippen molar-refractivity contribution in [2.45, 2.75) is 0 Å². The van der Waals surface area contributed by atoms with E-state index in [1.165, 1.54) is 12.1 Å². The predicted octanol–water partition coefficient (Wildman–Crippen LogP) is 4.29. The number of amides is 1. The summed E-state index contributed by atoms with van der Waals surface area (Å²) in [4.78, 5) is 24.4. The van der Waals surface area contributed by atoms with Crippen LogP contribution in [0.1, 0.15) is 0 Å². The standard InChI is InChI=1S/C26H25F2N7O/c1-3-22(36)30-18-6-4-5-17(15-18)19-9-10-35-16-29-26(32-25(19)35)31-20-7-8-21(24(28)23(20)27)34-13-11-33(2)12-14-34/h3-10,15-16H,1,11-14H2,2H3,(H,30,36)(H,31,32). The molecule has 0 radical (unpaired) electrons. The van der Waals surface area contributed by atoms with Crippen LogP contribution in [0.3, 0.4) is 0 Å². The SMILES string of the molecule is C=CC(=O)Nc1cccc(-c2ccn3cnc(Nc4ccc(N5CCN(C)CC5)c(F)c4F)nc23)c1. The van der Waals surface area contributed by atoms with Crippen LogP contribution in [0.4, 0.5) is 31.8 Å². The Balaban J connectivity index is 1.42. The van der Waals surface area contributed by atoms with E-state index in [0.29, 0.717) is 24.4 Å². The van der Waals surface area contributed by atoms with Gasteiger partial charge in [0.05, 0.1) is 11.4 Å². The largest absolute Gasteiger partial charge is 0.367 e. The van der Waals surface area contributed by atoms with Crippen molar-refractivity contribution in [3.63, 3.8) is 0 Å². The first-order valence-corrected chi connectivity index (χ1v) is 11.5. The molecular weight excluding hydrogens is 464 g/mol. The Morgan fingerprint density at radius 1 is 1.08 bits per heavy atom. The van der Waals surface area contributed by atoms with Crippen molar-refractivity contribution in [1.82, 2.24) is 19.3 Å². The van der Waals surface area contributed by atoms with Crippen molar-refractivity contribution in [2.24, 2.45) is 0 Å². The molecule has 3 heterocycles. The van der Waals surface area contributed by atoms with Crippen LogP contribution in [0.2, 0.25) is 0 Å². The number of aromatic nitrogens is 3. The van der Waals surface area contributed by atoms with Crippen molar-refractivity contribution in [3.05, 3.63) is 79.3 Å². The number of fused-ring (bicyclic) bond motifs is 1. The van der Waals surface area contributed by atoms with E-state index >= 15 is 0 Å². The Morgan fingerprint density at radius 2 is 1.89 bits per heavy atom. The van der Waals surface area contributed by atoms with E-state index in [0.717, 1.165) is 24.2 Å². The lowest BCUT2D eigenvalue weighted by atomic mass is 10.1. The molecule has 1 amide bonds. The summed E-state index contributed by atoms with van der Waals surface area (Å²) in [6.45, 7) is 6.31. The van der Waals surface area contributed by atoms with Gasteiger partial charge in [0.25, 0.3) is 0 Å². The van der Waals surface area contributed by atoms with Crippen LogP contribution >= 0.6 is 0 Å². The van der Waals surface area contributed by atoms with Gasteiger partial charge in [0.15, 0.2) is 11.6 Å². The number of hydrogen-bond acceptors (Lipinski definition) is 6. The molecule has 2 N–H and O–H groups in total. The molecule has 0 unspecified atom stereocenters. The summed E-state index contributed by atoms with van der Waals surface area (Å²) in [7, 11) is 2.01. The van der Waals surface area contributed by atoms with Crippen LogP contribution in [0.5, 0.6) is 0 Å². The fourth-order valence-electron chi connectivity index (χ4n) is 4.19. The normalized spacial score (nSPS) is 14.1. The summed E-state index contributed by atoms with van der Waals surface area (Å²) in [5, 5.41) is 5.55. The minimum atomic E-state index is -0.976. The van der Waals surface area contributed by atoms with Gasteiger partial charge < -0.3 is 20.4 Å². The summed E-state index contributed by atoms with van der Waals surface area (Å²) < 4.78 is 31.6. The van der Waals surface area contributed by atoms with Gasteiger partial charge in [-0.1, -0.05) is 18.7 Å². The topological polar surface area (TPSA) is 77.8 Å². The Kier molecular flexibility index (Phi) is 6.34. The first-order valence-electron chi connectivity index (χ1n) is 11.5. The van der Waals surface area contributed by atoms with E-state index in [-0.39, 0.29) is 23.2 Å². The van der Waals surface area contributed by atoms with Crippen molar-refractivity contribution in [3.8, 4) is 11.1 Å². The zero-order valence-electron chi connectivity index (χ0n) is 19.7. The molecule has 8 nitrogen and oxygen atoms in total. The van der Waals surface area contributed by atoms with Gasteiger partial charge in [-0.25, -0.2) is 13.8 Å². The second-order valence-electron chi connectivity index (χ2n) is 8.59. The van der Waals surface area contributed by atoms with Crippen molar-refractivity contribution >= 4 is 34.6 Å². The molecule has 0 bridgehead atoms. The van der Waals surface area contributed by atoms with E-state index in [1.54, 1.807) is 29.1 Å². The molecule has 0 saturated carbocycles. The number of nitrogens with one attached hydrogen (secondary N) is 2. The fraction of sp³-hybridized carbons (Fsp3) is 0.192. The minimum absolute atomic E-state index is 0.0445. The molecule has 4 aromatic rings. The van der Waals surface area contributed by atoms with E-state index in [4.69, 9.17) is 0 Å². The molecule has 2 aromatic carbocycles. The van der Waals surface area contributed by atoms with Gasteiger partial charge in [-0.3, -0.25) is 9.20 Å². The highest BCUT2D eigenvalue weighted by Crippen LogP contribution is 2.30. The van der Waals surface area contributed by atoms with Gasteiger partial charge >= 0.3 is 0 Å². The summed E-state index contributed by atoms with van der Waals surface area (Å²) in [5.74, 6) is -2.05. The number of nitrogens with zero attached hydrogens (tertiary/aromatic N) is 5. The fourth-order valence-corrected chi connectivity index (χ4v) is 4.19. The summed E-state index contributed by atoms with van der Waals surface area (Å²) in [6, 6.07) is 12.2. The van der Waals surface area contributed by atoms with Gasteiger partial charge in [-0.2, -0.15) is 4.98 Å². The van der Waals surface area contributed by atoms with Crippen molar-refractivity contribution < 1.29 is 13.6 Å². The monoisotopic (exact) mass is 489 g/mol. The number of halogens is 2. The third-order valence-corrected chi connectivity index (χ3v) is 6.18. The van der Waals surface area contributed by atoms with Gasteiger partial charge in [-0.15, -0.1) is 0 Å². The number of piperazine rings is 1. The van der Waals surface area contributed by atoms with Crippen LogP contribution in [0.15, 0.2) is 67.6 Å². The third kappa shape index (κ3) is 4.63. The number of rotatable bonds is 6. The predicted molar refractivity (Wildman–Crippen MR) is 137 cm³/mol. The molecule has 1 saturated heterocycles. The van der Waals surface area contributed by atoms with E-state index in [1.807, 2.05) is 36.2 Å². The first-order chi connectivity index (χ1) is 17.4. The molecule has 0 aliphatic carbocycles. The smallest absolute Gasteiger partial charge is 0.247 e. The molecule has 184 valence electrons. The highest BCUT2D eigenvalue weighted by Gasteiger charge is 2.22. The number of hydrogen-bond donors (Lipinski definition) is 2. The van der Waals surface area contributed by atoms with E-state index in [9.17, 15) is 13.6 Å². The van der Waals surface area contributed by atoms with Gasteiger partial charge in [0.2, 0.25) is 11.9 Å². The van der Waals surface area contributed by atoms with Gasteiger partial charge in [0.1, 0.15) is 12.0 Å². The molecule has 1 fully saturated rings. The second kappa shape index (κ2) is 9.74. The molecule has 1 aliphatic heterocycles. The highest BCUT2D eigenvalue weighted by atomic mass is 19.2. The van der Waals surface area contributed by atoms with Crippen LogP contribution in [0, 0.1) is 11.6 Å². The number of likely N-dealkylation sites (N-methyl/N-ethyl adjacent to an activating group) is 1. The minimum Gasteiger partial charge on any atom is -0.367 e. The number of benzene rings is 2. The van der Waals surface area contributed by atoms with Gasteiger partial charge in [0, 0.05) is 43.6 Å². The van der Waals surface area contributed by atoms with Crippen molar-refractivity contribution in [1.29, 1.82) is 0 Å². The maximum Gasteiger partial charge on any atom is 0.247 e. The van der Waals surface area contributed by atoms with E-state index in [2.05, 4.69) is 32.1 Å². The maximum atomic E-state index is 15.0. The van der Waals surface area contributed by atoms with Crippen LogP contribution in [-0.2, 0) is 4.79 Å². The lowest BCUT2D eigenvalue weighted by molar-refractivity contribution is -0.111. The lowest BCUT2D eigenvalue weighted by Gasteiger charge is -2.34. The quantitative estimate of drug-likeness (QED) is 0.394. The molecule has 10 heteroatoms. The Bertz CT molecular complexity index is 1440. The molecule has 5 rings (SSSR count). The van der Waals surface area contributed by atoms with Crippen LogP contribution in [-0.4, -0.2) is 58.4 Å². The highest BCUT2D eigenvalue weighted by molar-refractivity contribution is 5.99. The summed E-state index contributed by atoms with van der Waals surface area (Å²) >= 11 is 0. The van der Waals surface area contributed by atoms with Crippen LogP contribution < -0.4 is 15.5 Å². The Morgan fingerprint density at radius 3 is 2.67 bits per heavy atom. The first kappa shape index (κ1) is 23.4. The molecule has 2 aromatic heterocycles. The average molecular weight is 490 g/mol. The molecule has 1 aliphatic rings. The number of carbonyl (C=O) groups excluding carboxylic acids is 1.